The van der Waals surface area contributed by atoms with Crippen molar-refractivity contribution >= 4 is 17.0 Å². The molecule has 0 N–H and O–H groups in total. The van der Waals surface area contributed by atoms with E-state index in [1.54, 1.807) is 18.7 Å². The van der Waals surface area contributed by atoms with Gasteiger partial charge in [-0.2, -0.15) is 18.3 Å². The Morgan fingerprint density at radius 1 is 1.37 bits per heavy atom. The van der Waals surface area contributed by atoms with Gasteiger partial charge in [-0.25, -0.2) is 14.6 Å². The number of fused-ring (bicyclic) bond motifs is 1. The Morgan fingerprint density at radius 3 is 2.83 bits per heavy atom. The van der Waals surface area contributed by atoms with E-state index >= 15 is 0 Å². The molecule has 1 aliphatic heterocycles. The van der Waals surface area contributed by atoms with Crippen molar-refractivity contribution in [2.75, 3.05) is 13.1 Å². The number of carbonyl (C=O) groups is 1. The Bertz CT molecular complexity index is 1040. The maximum absolute atomic E-state index is 13.8. The van der Waals surface area contributed by atoms with Crippen molar-refractivity contribution in [3.63, 3.8) is 0 Å². The standard InChI is InChI=1S/C19H21F3N6O2/c1-11(2)14-6-13(19(20,21)22)16-17(26-30-18(16)25-14)12-4-3-5-27(7-12)15(29)8-28-10-23-9-24-28/h6,9-12H,3-5,7-8H2,1-2H3/t12-/m0/s1. The monoisotopic (exact) mass is 422 g/mol. The van der Waals surface area contributed by atoms with E-state index < -0.39 is 11.7 Å². The first-order valence-corrected chi connectivity index (χ1v) is 9.71. The number of aromatic nitrogens is 5. The molecule has 0 bridgehead atoms. The molecule has 4 rings (SSSR count). The van der Waals surface area contributed by atoms with Crippen LogP contribution in [-0.2, 0) is 17.5 Å². The maximum Gasteiger partial charge on any atom is 0.417 e. The smallest absolute Gasteiger partial charge is 0.340 e. The number of pyridine rings is 1. The molecule has 0 aromatic carbocycles. The number of nitrogens with zero attached hydrogens (tertiary/aromatic N) is 6. The van der Waals surface area contributed by atoms with Crippen LogP contribution in [0.5, 0.6) is 0 Å². The lowest BCUT2D eigenvalue weighted by molar-refractivity contribution is -0.136. The van der Waals surface area contributed by atoms with Gasteiger partial charge < -0.3 is 9.42 Å². The molecule has 0 aliphatic carbocycles. The first-order valence-electron chi connectivity index (χ1n) is 9.71. The third-order valence-electron chi connectivity index (χ3n) is 5.31. The van der Waals surface area contributed by atoms with E-state index in [1.807, 2.05) is 0 Å². The molecule has 4 heterocycles. The third-order valence-corrected chi connectivity index (χ3v) is 5.31. The van der Waals surface area contributed by atoms with Gasteiger partial charge in [-0.05, 0) is 24.8 Å². The molecule has 0 unspecified atom stereocenters. The van der Waals surface area contributed by atoms with Crippen LogP contribution in [-0.4, -0.2) is 48.8 Å². The minimum atomic E-state index is -4.57. The van der Waals surface area contributed by atoms with Crippen LogP contribution in [0.4, 0.5) is 13.2 Å². The highest BCUT2D eigenvalue weighted by Crippen LogP contribution is 2.40. The topological polar surface area (TPSA) is 89.9 Å². The van der Waals surface area contributed by atoms with Crippen molar-refractivity contribution < 1.29 is 22.5 Å². The Balaban J connectivity index is 1.66. The molecule has 0 spiro atoms. The largest absolute Gasteiger partial charge is 0.417 e. The first-order chi connectivity index (χ1) is 14.2. The third kappa shape index (κ3) is 3.88. The molecule has 3 aromatic heterocycles. The number of likely N-dealkylation sites (tertiary alicyclic amines) is 1. The number of hydrogen-bond donors (Lipinski definition) is 0. The highest BCUT2D eigenvalue weighted by molar-refractivity contribution is 5.82. The summed E-state index contributed by atoms with van der Waals surface area (Å²) >= 11 is 0. The molecule has 1 saturated heterocycles. The lowest BCUT2D eigenvalue weighted by Gasteiger charge is -2.32. The molecule has 3 aromatic rings. The Labute approximate surface area is 170 Å². The molecule has 0 radical (unpaired) electrons. The normalized spacial score (nSPS) is 17.8. The van der Waals surface area contributed by atoms with Crippen molar-refractivity contribution in [2.24, 2.45) is 0 Å². The van der Waals surface area contributed by atoms with E-state index in [9.17, 15) is 18.0 Å². The van der Waals surface area contributed by atoms with Crippen LogP contribution >= 0.6 is 0 Å². The quantitative estimate of drug-likeness (QED) is 0.641. The second kappa shape index (κ2) is 7.69. The molecular weight excluding hydrogens is 401 g/mol. The molecule has 1 fully saturated rings. The molecule has 8 nitrogen and oxygen atoms in total. The summed E-state index contributed by atoms with van der Waals surface area (Å²) in [5, 5.41) is 7.77. The van der Waals surface area contributed by atoms with Crippen LogP contribution in [0.25, 0.3) is 11.1 Å². The van der Waals surface area contributed by atoms with Gasteiger partial charge in [0.05, 0.1) is 16.6 Å². The van der Waals surface area contributed by atoms with Crippen LogP contribution in [0.3, 0.4) is 0 Å². The van der Waals surface area contributed by atoms with Crippen LogP contribution in [0.15, 0.2) is 23.2 Å². The lowest BCUT2D eigenvalue weighted by atomic mass is 9.91. The molecule has 1 atom stereocenters. The van der Waals surface area contributed by atoms with Crippen molar-refractivity contribution in [3.8, 4) is 0 Å². The van der Waals surface area contributed by atoms with Crippen molar-refractivity contribution in [1.29, 1.82) is 0 Å². The van der Waals surface area contributed by atoms with Crippen LogP contribution < -0.4 is 0 Å². The van der Waals surface area contributed by atoms with Gasteiger partial charge in [-0.3, -0.25) is 4.79 Å². The summed E-state index contributed by atoms with van der Waals surface area (Å²) in [6.07, 6.45) is -0.524. The van der Waals surface area contributed by atoms with Gasteiger partial charge in [0.2, 0.25) is 5.91 Å². The Hall–Kier alpha value is -2.98. The SMILES string of the molecule is CC(C)c1cc(C(F)(F)F)c2c([C@H]3CCCN(C(=O)Cn4cncn4)C3)noc2n1. The van der Waals surface area contributed by atoms with Crippen LogP contribution in [0.2, 0.25) is 0 Å². The number of alkyl halides is 3. The second-order valence-electron chi connectivity index (χ2n) is 7.77. The van der Waals surface area contributed by atoms with E-state index in [4.69, 9.17) is 4.52 Å². The molecular formula is C19H21F3N6O2. The maximum atomic E-state index is 13.8. The van der Waals surface area contributed by atoms with Crippen molar-refractivity contribution in [1.82, 2.24) is 29.8 Å². The lowest BCUT2D eigenvalue weighted by Crippen LogP contribution is -2.41. The molecule has 1 aliphatic rings. The molecule has 1 amide bonds. The zero-order valence-corrected chi connectivity index (χ0v) is 16.6. The summed E-state index contributed by atoms with van der Waals surface area (Å²) in [6, 6.07) is 1.07. The zero-order valence-electron chi connectivity index (χ0n) is 16.6. The predicted octanol–water partition coefficient (Wildman–Crippen LogP) is 3.36. The van der Waals surface area contributed by atoms with Crippen LogP contribution in [0.1, 0.15) is 55.5 Å². The molecule has 0 saturated carbocycles. The predicted molar refractivity (Wildman–Crippen MR) is 99.5 cm³/mol. The molecule has 30 heavy (non-hydrogen) atoms. The van der Waals surface area contributed by atoms with Gasteiger partial charge in [0, 0.05) is 24.7 Å². The average Bonchev–Trinajstić information content (AvgIpc) is 3.36. The van der Waals surface area contributed by atoms with Crippen LogP contribution in [0, 0.1) is 0 Å². The molecule has 160 valence electrons. The van der Waals surface area contributed by atoms with Gasteiger partial charge in [-0.1, -0.05) is 19.0 Å². The van der Waals surface area contributed by atoms with Crippen molar-refractivity contribution in [2.45, 2.75) is 51.2 Å². The second-order valence-corrected chi connectivity index (χ2v) is 7.77. The minimum absolute atomic E-state index is 0.0272. The van der Waals surface area contributed by atoms with E-state index in [2.05, 4.69) is 20.2 Å². The number of hydrogen-bond acceptors (Lipinski definition) is 6. The Kier molecular flexibility index (Phi) is 5.20. The van der Waals surface area contributed by atoms with Gasteiger partial charge in [-0.15, -0.1) is 0 Å². The van der Waals surface area contributed by atoms with Gasteiger partial charge in [0.15, 0.2) is 0 Å². The summed E-state index contributed by atoms with van der Waals surface area (Å²) in [4.78, 5) is 22.3. The van der Waals surface area contributed by atoms with Gasteiger partial charge >= 0.3 is 6.18 Å². The average molecular weight is 422 g/mol. The fourth-order valence-corrected chi connectivity index (χ4v) is 3.77. The fraction of sp³-hybridized carbons (Fsp3) is 0.526. The number of piperidine rings is 1. The van der Waals surface area contributed by atoms with E-state index in [-0.39, 0.29) is 47.6 Å². The number of amides is 1. The number of carbonyl (C=O) groups excluding carboxylic acids is 1. The number of rotatable bonds is 4. The zero-order chi connectivity index (χ0) is 21.5. The highest BCUT2D eigenvalue weighted by atomic mass is 19.4. The molecule has 11 heteroatoms. The summed E-state index contributed by atoms with van der Waals surface area (Å²) in [5.41, 5.74) is -0.405. The Morgan fingerprint density at radius 2 is 2.17 bits per heavy atom. The highest BCUT2D eigenvalue weighted by Gasteiger charge is 2.38. The van der Waals surface area contributed by atoms with E-state index in [0.717, 1.165) is 6.07 Å². The summed E-state index contributed by atoms with van der Waals surface area (Å²) in [5.74, 6) is -0.731. The van der Waals surface area contributed by atoms with Gasteiger partial charge in [0.25, 0.3) is 5.71 Å². The fourth-order valence-electron chi connectivity index (χ4n) is 3.77. The minimum Gasteiger partial charge on any atom is -0.340 e. The number of halogens is 3. The summed E-state index contributed by atoms with van der Waals surface area (Å²) in [7, 11) is 0. The van der Waals surface area contributed by atoms with Crippen molar-refractivity contribution in [3.05, 3.63) is 35.7 Å². The first kappa shape index (κ1) is 20.3. The van der Waals surface area contributed by atoms with E-state index in [0.29, 0.717) is 25.1 Å². The summed E-state index contributed by atoms with van der Waals surface area (Å²) in [6.45, 7) is 4.36. The summed E-state index contributed by atoms with van der Waals surface area (Å²) < 4.78 is 48.1. The van der Waals surface area contributed by atoms with Gasteiger partial charge in [0.1, 0.15) is 19.2 Å². The van der Waals surface area contributed by atoms with E-state index in [1.165, 1.54) is 17.3 Å².